The van der Waals surface area contributed by atoms with Crippen LogP contribution in [0.4, 0.5) is 0 Å². The predicted octanol–water partition coefficient (Wildman–Crippen LogP) is 3.70. The van der Waals surface area contributed by atoms with Crippen molar-refractivity contribution in [1.29, 1.82) is 0 Å². The van der Waals surface area contributed by atoms with Crippen LogP contribution in [0.3, 0.4) is 0 Å². The summed E-state index contributed by atoms with van der Waals surface area (Å²) in [7, 11) is 0. The van der Waals surface area contributed by atoms with E-state index < -0.39 is 0 Å². The van der Waals surface area contributed by atoms with Gasteiger partial charge in [-0.15, -0.1) is 0 Å². The van der Waals surface area contributed by atoms with Crippen LogP contribution < -0.4 is 5.73 Å². The predicted molar refractivity (Wildman–Crippen MR) is 71.8 cm³/mol. The van der Waals surface area contributed by atoms with Gasteiger partial charge in [-0.2, -0.15) is 0 Å². The molecule has 0 amide bonds. The van der Waals surface area contributed by atoms with Gasteiger partial charge in [-0.3, -0.25) is 0 Å². The van der Waals surface area contributed by atoms with E-state index in [0.717, 1.165) is 17.8 Å². The zero-order valence-electron chi connectivity index (χ0n) is 10.5. The lowest BCUT2D eigenvalue weighted by molar-refractivity contribution is 0.412. The number of hydrogen-bond donors (Lipinski definition) is 1. The van der Waals surface area contributed by atoms with E-state index in [0.29, 0.717) is 6.04 Å². The molecule has 1 aromatic rings. The molecule has 0 saturated heterocycles. The summed E-state index contributed by atoms with van der Waals surface area (Å²) in [4.78, 5) is 0. The Kier molecular flexibility index (Phi) is 3.19. The third-order valence-electron chi connectivity index (χ3n) is 4.70. The summed E-state index contributed by atoms with van der Waals surface area (Å²) in [6, 6.07) is 11.3. The van der Waals surface area contributed by atoms with Gasteiger partial charge in [0.1, 0.15) is 0 Å². The summed E-state index contributed by atoms with van der Waals surface area (Å²) in [5.74, 6) is 2.45. The molecule has 0 radical (unpaired) electrons. The maximum Gasteiger partial charge on any atom is 0.00758 e. The molecule has 2 aliphatic carbocycles. The lowest BCUT2D eigenvalue weighted by Gasteiger charge is -2.16. The second-order valence-electron chi connectivity index (χ2n) is 5.97. The molecular weight excluding hydrogens is 206 g/mol. The van der Waals surface area contributed by atoms with Crippen molar-refractivity contribution in [3.05, 3.63) is 35.9 Å². The summed E-state index contributed by atoms with van der Waals surface area (Å²) in [5.41, 5.74) is 7.89. The fraction of sp³-hybridized carbons (Fsp3) is 0.625. The Morgan fingerprint density at radius 3 is 2.53 bits per heavy atom. The molecule has 1 nitrogen and oxygen atoms in total. The number of rotatable bonds is 4. The first-order valence-electron chi connectivity index (χ1n) is 7.15. The van der Waals surface area contributed by atoms with Crippen LogP contribution in [0.15, 0.2) is 30.3 Å². The van der Waals surface area contributed by atoms with Gasteiger partial charge in [0, 0.05) is 6.04 Å². The highest BCUT2D eigenvalue weighted by atomic mass is 14.7. The Bertz CT molecular complexity index is 353. The summed E-state index contributed by atoms with van der Waals surface area (Å²) < 4.78 is 0. The fourth-order valence-corrected chi connectivity index (χ4v) is 3.58. The number of hydrogen-bond acceptors (Lipinski definition) is 1. The minimum atomic E-state index is 0.448. The lowest BCUT2D eigenvalue weighted by Crippen LogP contribution is -2.25. The highest BCUT2D eigenvalue weighted by Gasteiger charge is 2.42. The van der Waals surface area contributed by atoms with E-state index in [1.54, 1.807) is 0 Å². The molecule has 2 N–H and O–H groups in total. The van der Waals surface area contributed by atoms with E-state index in [-0.39, 0.29) is 0 Å². The van der Waals surface area contributed by atoms with Crippen LogP contribution in [0.1, 0.15) is 50.0 Å². The maximum atomic E-state index is 6.39. The Morgan fingerprint density at radius 2 is 1.82 bits per heavy atom. The lowest BCUT2D eigenvalue weighted by atomic mass is 9.94. The number of nitrogens with two attached hydrogens (primary N) is 1. The first kappa shape index (κ1) is 11.3. The average molecular weight is 229 g/mol. The molecule has 2 saturated carbocycles. The SMILES string of the molecule is NC(CC1CCCC1)C1CC1c1ccccc1. The Balaban J connectivity index is 1.53. The third kappa shape index (κ3) is 2.55. The Labute approximate surface area is 104 Å². The van der Waals surface area contributed by atoms with E-state index in [2.05, 4.69) is 30.3 Å². The molecule has 3 unspecified atom stereocenters. The average Bonchev–Trinajstić information content (AvgIpc) is 3.02. The van der Waals surface area contributed by atoms with Crippen LogP contribution in [0.5, 0.6) is 0 Å². The van der Waals surface area contributed by atoms with Gasteiger partial charge in [0.05, 0.1) is 0 Å². The molecule has 2 aliphatic rings. The Hall–Kier alpha value is -0.820. The van der Waals surface area contributed by atoms with Crippen molar-refractivity contribution >= 4 is 0 Å². The van der Waals surface area contributed by atoms with Crippen molar-refractivity contribution in [3.8, 4) is 0 Å². The van der Waals surface area contributed by atoms with Crippen LogP contribution in [0.25, 0.3) is 0 Å². The van der Waals surface area contributed by atoms with Crippen LogP contribution >= 0.6 is 0 Å². The normalized spacial score (nSPS) is 30.4. The van der Waals surface area contributed by atoms with Crippen LogP contribution in [-0.4, -0.2) is 6.04 Å². The summed E-state index contributed by atoms with van der Waals surface area (Å²) in [6.45, 7) is 0. The van der Waals surface area contributed by atoms with Crippen LogP contribution in [0.2, 0.25) is 0 Å². The topological polar surface area (TPSA) is 26.0 Å². The van der Waals surface area contributed by atoms with E-state index >= 15 is 0 Å². The smallest absolute Gasteiger partial charge is 0.00758 e. The molecule has 1 heteroatoms. The van der Waals surface area contributed by atoms with Gasteiger partial charge in [-0.25, -0.2) is 0 Å². The molecule has 0 bridgehead atoms. The second kappa shape index (κ2) is 4.81. The molecule has 0 heterocycles. The number of benzene rings is 1. The van der Waals surface area contributed by atoms with Crippen molar-refractivity contribution < 1.29 is 0 Å². The van der Waals surface area contributed by atoms with Gasteiger partial charge in [0.2, 0.25) is 0 Å². The Morgan fingerprint density at radius 1 is 1.12 bits per heavy atom. The van der Waals surface area contributed by atoms with E-state index in [4.69, 9.17) is 5.73 Å². The maximum absolute atomic E-state index is 6.39. The van der Waals surface area contributed by atoms with E-state index in [1.807, 2.05) is 0 Å². The van der Waals surface area contributed by atoms with E-state index in [1.165, 1.54) is 44.1 Å². The monoisotopic (exact) mass is 229 g/mol. The fourth-order valence-electron chi connectivity index (χ4n) is 3.58. The molecule has 3 atom stereocenters. The molecule has 92 valence electrons. The molecule has 0 spiro atoms. The van der Waals surface area contributed by atoms with Crippen molar-refractivity contribution in [2.45, 2.75) is 50.5 Å². The molecule has 0 aromatic heterocycles. The van der Waals surface area contributed by atoms with Gasteiger partial charge in [-0.05, 0) is 36.2 Å². The molecule has 17 heavy (non-hydrogen) atoms. The largest absolute Gasteiger partial charge is 0.327 e. The highest BCUT2D eigenvalue weighted by Crippen LogP contribution is 2.50. The quantitative estimate of drug-likeness (QED) is 0.837. The molecule has 2 fully saturated rings. The first-order chi connectivity index (χ1) is 8.34. The van der Waals surface area contributed by atoms with Crippen molar-refractivity contribution in [3.63, 3.8) is 0 Å². The molecule has 3 rings (SSSR count). The van der Waals surface area contributed by atoms with Crippen molar-refractivity contribution in [2.24, 2.45) is 17.6 Å². The minimum absolute atomic E-state index is 0.448. The van der Waals surface area contributed by atoms with E-state index in [9.17, 15) is 0 Å². The van der Waals surface area contributed by atoms with Gasteiger partial charge in [0.25, 0.3) is 0 Å². The summed E-state index contributed by atoms with van der Waals surface area (Å²) in [6.07, 6.45) is 8.31. The zero-order valence-corrected chi connectivity index (χ0v) is 10.5. The summed E-state index contributed by atoms with van der Waals surface area (Å²) >= 11 is 0. The van der Waals surface area contributed by atoms with Crippen LogP contribution in [-0.2, 0) is 0 Å². The van der Waals surface area contributed by atoms with Gasteiger partial charge in [0.15, 0.2) is 0 Å². The molecule has 0 aliphatic heterocycles. The van der Waals surface area contributed by atoms with Gasteiger partial charge < -0.3 is 5.73 Å². The van der Waals surface area contributed by atoms with Gasteiger partial charge in [-0.1, -0.05) is 56.0 Å². The second-order valence-corrected chi connectivity index (χ2v) is 5.97. The third-order valence-corrected chi connectivity index (χ3v) is 4.70. The standard InChI is InChI=1S/C16H23N/c17-16(10-12-6-4-5-7-12)15-11-14(15)13-8-2-1-3-9-13/h1-3,8-9,12,14-16H,4-7,10-11,17H2. The van der Waals surface area contributed by atoms with Crippen molar-refractivity contribution in [1.82, 2.24) is 0 Å². The minimum Gasteiger partial charge on any atom is -0.327 e. The highest BCUT2D eigenvalue weighted by molar-refractivity contribution is 5.26. The zero-order chi connectivity index (χ0) is 11.7. The van der Waals surface area contributed by atoms with Crippen molar-refractivity contribution in [2.75, 3.05) is 0 Å². The van der Waals surface area contributed by atoms with Gasteiger partial charge >= 0.3 is 0 Å². The summed E-state index contributed by atoms with van der Waals surface area (Å²) in [5, 5.41) is 0. The molecule has 1 aromatic carbocycles. The molecular formula is C16H23N. The van der Waals surface area contributed by atoms with Crippen LogP contribution in [0, 0.1) is 11.8 Å². The first-order valence-corrected chi connectivity index (χ1v) is 7.15.